The summed E-state index contributed by atoms with van der Waals surface area (Å²) in [6.07, 6.45) is 6.79. The van der Waals surface area contributed by atoms with Crippen LogP contribution in [-0.4, -0.2) is 17.6 Å². The predicted molar refractivity (Wildman–Crippen MR) is 87.3 cm³/mol. The van der Waals surface area contributed by atoms with Crippen LogP contribution in [0.1, 0.15) is 37.8 Å². The van der Waals surface area contributed by atoms with Gasteiger partial charge in [-0.25, -0.2) is 4.98 Å². The van der Waals surface area contributed by atoms with Gasteiger partial charge in [0.15, 0.2) is 0 Å². The van der Waals surface area contributed by atoms with Crippen LogP contribution in [0.4, 0.5) is 5.82 Å². The minimum atomic E-state index is 0.514. The zero-order valence-corrected chi connectivity index (χ0v) is 12.5. The lowest BCUT2D eigenvalue weighted by molar-refractivity contribution is 0.361. The molecular weight excluding hydrogens is 258 g/mol. The van der Waals surface area contributed by atoms with Gasteiger partial charge in [-0.2, -0.15) is 0 Å². The second-order valence-electron chi connectivity index (χ2n) is 6.46. The van der Waals surface area contributed by atoms with Crippen LogP contribution in [0.3, 0.4) is 0 Å². The smallest absolute Gasteiger partial charge is 0.137 e. The van der Waals surface area contributed by atoms with Gasteiger partial charge in [0.2, 0.25) is 0 Å². The number of hydrogen-bond donors (Lipinski definition) is 1. The Labute approximate surface area is 126 Å². The molecule has 2 aromatic rings. The summed E-state index contributed by atoms with van der Waals surface area (Å²) in [5.41, 5.74) is 6.87. The third kappa shape index (κ3) is 2.20. The molecule has 0 spiro atoms. The van der Waals surface area contributed by atoms with E-state index in [1.807, 2.05) is 0 Å². The van der Waals surface area contributed by atoms with Gasteiger partial charge < -0.3 is 10.6 Å². The van der Waals surface area contributed by atoms with Crippen molar-refractivity contribution in [2.75, 3.05) is 11.4 Å². The Morgan fingerprint density at radius 3 is 2.90 bits per heavy atom. The van der Waals surface area contributed by atoms with Crippen LogP contribution in [0, 0.1) is 5.92 Å². The van der Waals surface area contributed by atoms with Gasteiger partial charge >= 0.3 is 0 Å². The van der Waals surface area contributed by atoms with Crippen molar-refractivity contribution in [1.29, 1.82) is 0 Å². The fourth-order valence-electron chi connectivity index (χ4n) is 4.27. The molecule has 0 radical (unpaired) electrons. The van der Waals surface area contributed by atoms with Crippen LogP contribution < -0.4 is 10.6 Å². The van der Waals surface area contributed by atoms with Crippen LogP contribution in [0.25, 0.3) is 10.8 Å². The molecule has 0 bridgehead atoms. The molecule has 4 rings (SSSR count). The minimum Gasteiger partial charge on any atom is -0.353 e. The van der Waals surface area contributed by atoms with Crippen LogP contribution in [0.15, 0.2) is 30.3 Å². The van der Waals surface area contributed by atoms with E-state index in [1.165, 1.54) is 48.7 Å². The molecule has 1 aliphatic heterocycles. The highest BCUT2D eigenvalue weighted by atomic mass is 15.2. The Morgan fingerprint density at radius 1 is 1.14 bits per heavy atom. The topological polar surface area (TPSA) is 42.1 Å². The van der Waals surface area contributed by atoms with Crippen molar-refractivity contribution in [1.82, 2.24) is 4.98 Å². The summed E-state index contributed by atoms with van der Waals surface area (Å²) in [4.78, 5) is 7.49. The molecule has 2 fully saturated rings. The summed E-state index contributed by atoms with van der Waals surface area (Å²) in [5, 5.41) is 2.55. The van der Waals surface area contributed by atoms with E-state index >= 15 is 0 Å². The average Bonchev–Trinajstić information content (AvgIpc) is 3.02. The van der Waals surface area contributed by atoms with Gasteiger partial charge in [-0.3, -0.25) is 0 Å². The summed E-state index contributed by atoms with van der Waals surface area (Å²) in [7, 11) is 0. The second kappa shape index (κ2) is 5.30. The van der Waals surface area contributed by atoms with Gasteiger partial charge in [0.05, 0.1) is 5.69 Å². The Morgan fingerprint density at radius 2 is 2.00 bits per heavy atom. The van der Waals surface area contributed by atoms with Crippen molar-refractivity contribution in [2.24, 2.45) is 11.7 Å². The molecule has 1 aromatic heterocycles. The van der Waals surface area contributed by atoms with Crippen LogP contribution in [0.5, 0.6) is 0 Å². The van der Waals surface area contributed by atoms with E-state index in [0.717, 1.165) is 18.2 Å². The highest BCUT2D eigenvalue weighted by Gasteiger charge is 2.36. The minimum absolute atomic E-state index is 0.514. The number of benzene rings is 1. The number of fused-ring (bicyclic) bond motifs is 2. The third-order valence-corrected chi connectivity index (χ3v) is 5.25. The maximum atomic E-state index is 5.87. The summed E-state index contributed by atoms with van der Waals surface area (Å²) < 4.78 is 0. The van der Waals surface area contributed by atoms with Crippen molar-refractivity contribution in [3.8, 4) is 0 Å². The largest absolute Gasteiger partial charge is 0.353 e. The lowest BCUT2D eigenvalue weighted by atomic mass is 9.91. The molecule has 2 atom stereocenters. The quantitative estimate of drug-likeness (QED) is 0.916. The molecule has 2 N–H and O–H groups in total. The molecule has 110 valence electrons. The lowest BCUT2D eigenvalue weighted by Gasteiger charge is -2.39. The number of aromatic nitrogens is 1. The zero-order chi connectivity index (χ0) is 14.2. The molecule has 1 aromatic carbocycles. The fraction of sp³-hybridized carbons (Fsp3) is 0.500. The van der Waals surface area contributed by atoms with Crippen LogP contribution >= 0.6 is 0 Å². The van der Waals surface area contributed by atoms with Crippen LogP contribution in [0.2, 0.25) is 0 Å². The molecule has 1 saturated carbocycles. The second-order valence-corrected chi connectivity index (χ2v) is 6.46. The van der Waals surface area contributed by atoms with E-state index in [1.54, 1.807) is 0 Å². The van der Waals surface area contributed by atoms with Gasteiger partial charge in [0.1, 0.15) is 5.82 Å². The molecule has 2 aliphatic rings. The first kappa shape index (κ1) is 13.1. The average molecular weight is 281 g/mol. The Bertz CT molecular complexity index is 652. The number of hydrogen-bond acceptors (Lipinski definition) is 3. The fourth-order valence-corrected chi connectivity index (χ4v) is 4.27. The summed E-state index contributed by atoms with van der Waals surface area (Å²) in [5.74, 6) is 2.05. The predicted octanol–water partition coefficient (Wildman–Crippen LogP) is 3.46. The first-order valence-corrected chi connectivity index (χ1v) is 8.22. The van der Waals surface area contributed by atoms with Crippen molar-refractivity contribution in [2.45, 2.75) is 44.7 Å². The Kier molecular flexibility index (Phi) is 3.30. The van der Waals surface area contributed by atoms with E-state index in [0.29, 0.717) is 12.6 Å². The van der Waals surface area contributed by atoms with Crippen molar-refractivity contribution < 1.29 is 0 Å². The Hall–Kier alpha value is -1.61. The number of anilines is 1. The van der Waals surface area contributed by atoms with Gasteiger partial charge in [0.25, 0.3) is 0 Å². The maximum absolute atomic E-state index is 5.87. The van der Waals surface area contributed by atoms with E-state index < -0.39 is 0 Å². The number of rotatable bonds is 2. The SMILES string of the molecule is NCc1cc2ccccc2c(N2CCCC3CCCC32)n1. The van der Waals surface area contributed by atoms with Gasteiger partial charge in [-0.05, 0) is 43.1 Å². The van der Waals surface area contributed by atoms with E-state index in [4.69, 9.17) is 10.7 Å². The first-order chi connectivity index (χ1) is 10.4. The maximum Gasteiger partial charge on any atom is 0.137 e. The molecule has 1 aliphatic carbocycles. The molecule has 3 heteroatoms. The molecule has 2 unspecified atom stereocenters. The number of pyridine rings is 1. The summed E-state index contributed by atoms with van der Waals surface area (Å²) >= 11 is 0. The summed E-state index contributed by atoms with van der Waals surface area (Å²) in [6, 6.07) is 11.4. The van der Waals surface area contributed by atoms with E-state index in [-0.39, 0.29) is 0 Å². The Balaban J connectivity index is 1.84. The van der Waals surface area contributed by atoms with Crippen molar-refractivity contribution >= 4 is 16.6 Å². The van der Waals surface area contributed by atoms with Crippen LogP contribution in [-0.2, 0) is 6.54 Å². The monoisotopic (exact) mass is 281 g/mol. The van der Waals surface area contributed by atoms with Crippen molar-refractivity contribution in [3.63, 3.8) is 0 Å². The van der Waals surface area contributed by atoms with Crippen molar-refractivity contribution in [3.05, 3.63) is 36.0 Å². The molecule has 3 nitrogen and oxygen atoms in total. The van der Waals surface area contributed by atoms with Gasteiger partial charge in [-0.1, -0.05) is 30.7 Å². The molecule has 2 heterocycles. The molecule has 0 amide bonds. The standard InChI is InChI=1S/C18H23N3/c19-12-15-11-14-5-1-2-8-16(14)18(20-15)21-10-4-7-13-6-3-9-17(13)21/h1-2,5,8,11,13,17H,3-4,6-7,9-10,12,19H2. The number of piperidine rings is 1. The normalized spacial score (nSPS) is 25.3. The highest BCUT2D eigenvalue weighted by molar-refractivity contribution is 5.92. The molecular formula is C18H23N3. The highest BCUT2D eigenvalue weighted by Crippen LogP contribution is 2.40. The lowest BCUT2D eigenvalue weighted by Crippen LogP contribution is -2.43. The summed E-state index contributed by atoms with van der Waals surface area (Å²) in [6.45, 7) is 1.66. The third-order valence-electron chi connectivity index (χ3n) is 5.25. The van der Waals surface area contributed by atoms with Gasteiger partial charge in [-0.15, -0.1) is 0 Å². The molecule has 21 heavy (non-hydrogen) atoms. The number of nitrogens with two attached hydrogens (primary N) is 1. The first-order valence-electron chi connectivity index (χ1n) is 8.22. The van der Waals surface area contributed by atoms with E-state index in [9.17, 15) is 0 Å². The van der Waals surface area contributed by atoms with E-state index in [2.05, 4.69) is 35.2 Å². The molecule has 1 saturated heterocycles. The number of nitrogens with zero attached hydrogens (tertiary/aromatic N) is 2. The zero-order valence-electron chi connectivity index (χ0n) is 12.5. The van der Waals surface area contributed by atoms with Gasteiger partial charge in [0, 0.05) is 24.5 Å².